The molecule has 1 atom stereocenters. The van der Waals surface area contributed by atoms with Crippen LogP contribution in [-0.4, -0.2) is 50.6 Å². The molecule has 2 aromatic rings. The Labute approximate surface area is 171 Å². The van der Waals surface area contributed by atoms with Gasteiger partial charge < -0.3 is 19.7 Å². The fraction of sp³-hybridized carbons (Fsp3) is 0.391. The molecule has 1 fully saturated rings. The summed E-state index contributed by atoms with van der Waals surface area (Å²) in [6.07, 6.45) is 1.73. The lowest BCUT2D eigenvalue weighted by Gasteiger charge is -2.17. The van der Waals surface area contributed by atoms with Gasteiger partial charge >= 0.3 is 0 Å². The first-order chi connectivity index (χ1) is 14.1. The maximum absolute atomic E-state index is 12.5. The van der Waals surface area contributed by atoms with Crippen LogP contribution in [0.3, 0.4) is 0 Å². The summed E-state index contributed by atoms with van der Waals surface area (Å²) in [6, 6.07) is 15.6. The Kier molecular flexibility index (Phi) is 7.11. The van der Waals surface area contributed by atoms with Crippen molar-refractivity contribution in [2.24, 2.45) is 5.92 Å². The second-order valence-electron chi connectivity index (χ2n) is 7.19. The molecule has 0 aromatic heterocycles. The molecule has 2 amide bonds. The van der Waals surface area contributed by atoms with Gasteiger partial charge in [0, 0.05) is 26.1 Å². The van der Waals surface area contributed by atoms with Gasteiger partial charge in [0.25, 0.3) is 0 Å². The van der Waals surface area contributed by atoms with Crippen molar-refractivity contribution in [1.29, 1.82) is 0 Å². The van der Waals surface area contributed by atoms with Gasteiger partial charge in [-0.05, 0) is 42.2 Å². The molecular formula is C23H28N2O4. The van der Waals surface area contributed by atoms with Crippen molar-refractivity contribution in [3.8, 4) is 11.5 Å². The van der Waals surface area contributed by atoms with Gasteiger partial charge in [0.05, 0.1) is 20.1 Å². The van der Waals surface area contributed by atoms with E-state index >= 15 is 0 Å². The van der Waals surface area contributed by atoms with Gasteiger partial charge in [0.1, 0.15) is 11.5 Å². The van der Waals surface area contributed by atoms with E-state index in [1.165, 1.54) is 0 Å². The first-order valence-corrected chi connectivity index (χ1v) is 9.91. The quantitative estimate of drug-likeness (QED) is 0.707. The molecule has 29 heavy (non-hydrogen) atoms. The number of hydrogen-bond donors (Lipinski definition) is 1. The molecule has 1 aliphatic rings. The third-order valence-electron chi connectivity index (χ3n) is 5.30. The molecule has 1 saturated heterocycles. The predicted octanol–water partition coefficient (Wildman–Crippen LogP) is 2.45. The fourth-order valence-corrected chi connectivity index (χ4v) is 3.59. The van der Waals surface area contributed by atoms with Crippen LogP contribution in [0.15, 0.2) is 48.5 Å². The minimum absolute atomic E-state index is 0.0448. The summed E-state index contributed by atoms with van der Waals surface area (Å²) < 4.78 is 10.5. The summed E-state index contributed by atoms with van der Waals surface area (Å²) in [5.41, 5.74) is 2.20. The maximum Gasteiger partial charge on any atom is 0.225 e. The van der Waals surface area contributed by atoms with Crippen molar-refractivity contribution >= 4 is 11.8 Å². The molecule has 0 bridgehead atoms. The largest absolute Gasteiger partial charge is 0.497 e. The number of amides is 2. The van der Waals surface area contributed by atoms with Gasteiger partial charge in [-0.3, -0.25) is 9.59 Å². The molecular weight excluding hydrogens is 368 g/mol. The number of hydrogen-bond acceptors (Lipinski definition) is 4. The number of para-hydroxylation sites is 1. The van der Waals surface area contributed by atoms with E-state index < -0.39 is 0 Å². The van der Waals surface area contributed by atoms with Crippen molar-refractivity contribution in [3.63, 3.8) is 0 Å². The molecule has 6 nitrogen and oxygen atoms in total. The summed E-state index contributed by atoms with van der Waals surface area (Å²) in [4.78, 5) is 26.6. The zero-order valence-corrected chi connectivity index (χ0v) is 17.0. The van der Waals surface area contributed by atoms with E-state index in [0.29, 0.717) is 26.1 Å². The molecule has 3 rings (SSSR count). The molecule has 1 N–H and O–H groups in total. The lowest BCUT2D eigenvalue weighted by atomic mass is 10.1. The van der Waals surface area contributed by atoms with E-state index in [9.17, 15) is 9.59 Å². The summed E-state index contributed by atoms with van der Waals surface area (Å²) in [5.74, 6) is 1.35. The smallest absolute Gasteiger partial charge is 0.225 e. The molecule has 0 radical (unpaired) electrons. The predicted molar refractivity (Wildman–Crippen MR) is 111 cm³/mol. The summed E-state index contributed by atoms with van der Waals surface area (Å²) in [6.45, 7) is 1.63. The van der Waals surface area contributed by atoms with E-state index in [4.69, 9.17) is 9.47 Å². The number of carbonyl (C=O) groups is 2. The average molecular weight is 396 g/mol. The standard InChI is InChI=1S/C23H28N2O4/c1-28-20-9-7-17(8-10-20)12-14-25-16-19(15-22(25)26)23(27)24-13-11-18-5-3-4-6-21(18)29-2/h3-10,19H,11-16H2,1-2H3,(H,24,27). The number of benzene rings is 2. The Morgan fingerprint density at radius 1 is 1.07 bits per heavy atom. The van der Waals surface area contributed by atoms with E-state index in [1.54, 1.807) is 19.1 Å². The normalized spacial score (nSPS) is 16.0. The number of nitrogens with zero attached hydrogens (tertiary/aromatic N) is 1. The molecule has 154 valence electrons. The number of rotatable bonds is 9. The topological polar surface area (TPSA) is 67.9 Å². The van der Waals surface area contributed by atoms with Crippen LogP contribution < -0.4 is 14.8 Å². The first kappa shape index (κ1) is 20.7. The molecule has 0 aliphatic carbocycles. The van der Waals surface area contributed by atoms with Gasteiger partial charge in [0.2, 0.25) is 11.8 Å². The molecule has 0 spiro atoms. The fourth-order valence-electron chi connectivity index (χ4n) is 3.59. The lowest BCUT2D eigenvalue weighted by molar-refractivity contribution is -0.129. The third kappa shape index (κ3) is 5.50. The Morgan fingerprint density at radius 3 is 2.55 bits per heavy atom. The third-order valence-corrected chi connectivity index (χ3v) is 5.30. The van der Waals surface area contributed by atoms with E-state index in [1.807, 2.05) is 48.5 Å². The monoisotopic (exact) mass is 396 g/mol. The maximum atomic E-state index is 12.5. The van der Waals surface area contributed by atoms with Crippen molar-refractivity contribution in [1.82, 2.24) is 10.2 Å². The van der Waals surface area contributed by atoms with Crippen molar-refractivity contribution in [2.75, 3.05) is 33.9 Å². The van der Waals surface area contributed by atoms with Gasteiger partial charge in [0.15, 0.2) is 0 Å². The zero-order valence-electron chi connectivity index (χ0n) is 17.0. The van der Waals surface area contributed by atoms with E-state index in [0.717, 1.165) is 29.0 Å². The number of methoxy groups -OCH3 is 2. The van der Waals surface area contributed by atoms with E-state index in [-0.39, 0.29) is 24.2 Å². The highest BCUT2D eigenvalue weighted by Crippen LogP contribution is 2.20. The lowest BCUT2D eigenvalue weighted by Crippen LogP contribution is -2.34. The molecule has 6 heteroatoms. The van der Waals surface area contributed by atoms with Gasteiger partial charge in [-0.25, -0.2) is 0 Å². The molecule has 1 unspecified atom stereocenters. The van der Waals surface area contributed by atoms with Crippen LogP contribution in [0, 0.1) is 5.92 Å². The molecule has 1 aliphatic heterocycles. The van der Waals surface area contributed by atoms with Crippen molar-refractivity contribution in [3.05, 3.63) is 59.7 Å². The van der Waals surface area contributed by atoms with Crippen LogP contribution in [0.2, 0.25) is 0 Å². The second-order valence-corrected chi connectivity index (χ2v) is 7.19. The molecule has 0 saturated carbocycles. The molecule has 2 aromatic carbocycles. The number of nitrogens with one attached hydrogen (secondary N) is 1. The highest BCUT2D eigenvalue weighted by molar-refractivity contribution is 5.89. The van der Waals surface area contributed by atoms with Gasteiger partial charge in [-0.2, -0.15) is 0 Å². The van der Waals surface area contributed by atoms with Crippen molar-refractivity contribution < 1.29 is 19.1 Å². The van der Waals surface area contributed by atoms with Crippen LogP contribution in [0.1, 0.15) is 17.5 Å². The number of carbonyl (C=O) groups excluding carboxylic acids is 2. The van der Waals surface area contributed by atoms with Crippen LogP contribution in [0.4, 0.5) is 0 Å². The van der Waals surface area contributed by atoms with Gasteiger partial charge in [-0.15, -0.1) is 0 Å². The Bertz CT molecular complexity index is 835. The van der Waals surface area contributed by atoms with Crippen LogP contribution >= 0.6 is 0 Å². The SMILES string of the molecule is COc1ccc(CCN2CC(C(=O)NCCc3ccccc3OC)CC2=O)cc1. The number of ether oxygens (including phenoxy) is 2. The first-order valence-electron chi connectivity index (χ1n) is 9.91. The Balaban J connectivity index is 1.44. The Hall–Kier alpha value is -3.02. The Morgan fingerprint density at radius 2 is 1.83 bits per heavy atom. The summed E-state index contributed by atoms with van der Waals surface area (Å²) >= 11 is 0. The highest BCUT2D eigenvalue weighted by Gasteiger charge is 2.33. The average Bonchev–Trinajstić information content (AvgIpc) is 3.13. The second kappa shape index (κ2) is 9.96. The minimum Gasteiger partial charge on any atom is -0.497 e. The zero-order chi connectivity index (χ0) is 20.6. The summed E-state index contributed by atoms with van der Waals surface area (Å²) in [7, 11) is 3.28. The van der Waals surface area contributed by atoms with E-state index in [2.05, 4.69) is 5.32 Å². The summed E-state index contributed by atoms with van der Waals surface area (Å²) in [5, 5.41) is 2.96. The van der Waals surface area contributed by atoms with Crippen LogP contribution in [-0.2, 0) is 22.4 Å². The van der Waals surface area contributed by atoms with Crippen LogP contribution in [0.25, 0.3) is 0 Å². The number of likely N-dealkylation sites (tertiary alicyclic amines) is 1. The highest BCUT2D eigenvalue weighted by atomic mass is 16.5. The van der Waals surface area contributed by atoms with Crippen molar-refractivity contribution in [2.45, 2.75) is 19.3 Å². The molecule has 1 heterocycles. The van der Waals surface area contributed by atoms with Gasteiger partial charge in [-0.1, -0.05) is 30.3 Å². The minimum atomic E-state index is -0.281. The van der Waals surface area contributed by atoms with Crippen LogP contribution in [0.5, 0.6) is 11.5 Å².